The van der Waals surface area contributed by atoms with Crippen molar-refractivity contribution in [2.75, 3.05) is 20.8 Å². The highest BCUT2D eigenvalue weighted by atomic mass is 16.6. The highest BCUT2D eigenvalue weighted by Gasteiger charge is 2.47. The van der Waals surface area contributed by atoms with Crippen molar-refractivity contribution in [1.29, 1.82) is 0 Å². The SMILES string of the molecule is [2H][C@](CC1O[C@H](CO)[C@@H](O)[C@H](O[C@H](C)C(=O)O)[C@H]1N)(C(=O)N[C@@H](CCC(N)=O)C(=O)OC)N(C)C(C)=O. The minimum absolute atomic E-state index is 0.241. The number of aliphatic hydroxyl groups excluding tert-OH is 2. The Morgan fingerprint density at radius 2 is 1.86 bits per heavy atom. The maximum atomic E-state index is 13.3. The van der Waals surface area contributed by atoms with Gasteiger partial charge in [-0.15, -0.1) is 0 Å². The van der Waals surface area contributed by atoms with E-state index in [-0.39, 0.29) is 12.8 Å². The molecule has 1 saturated heterocycles. The lowest BCUT2D eigenvalue weighted by molar-refractivity contribution is -0.217. The topological polar surface area (TPSA) is 241 Å². The molecule has 0 aromatic carbocycles. The number of aliphatic hydroxyl groups is 2. The van der Waals surface area contributed by atoms with E-state index in [1.807, 2.05) is 0 Å². The van der Waals surface area contributed by atoms with E-state index < -0.39 is 91.3 Å². The number of amides is 3. The van der Waals surface area contributed by atoms with Crippen LogP contribution in [0.2, 0.25) is 0 Å². The zero-order valence-electron chi connectivity index (χ0n) is 21.6. The second kappa shape index (κ2) is 14.0. The van der Waals surface area contributed by atoms with Crippen molar-refractivity contribution in [3.8, 4) is 0 Å². The number of likely N-dealkylation sites (N-methyl/N-ethyl adjacent to an activating group) is 1. The fourth-order valence-electron chi connectivity index (χ4n) is 3.53. The van der Waals surface area contributed by atoms with Gasteiger partial charge in [0.05, 0.1) is 27.2 Å². The van der Waals surface area contributed by atoms with Gasteiger partial charge in [-0.1, -0.05) is 0 Å². The monoisotopic (exact) mass is 521 g/mol. The minimum Gasteiger partial charge on any atom is -0.479 e. The zero-order valence-corrected chi connectivity index (χ0v) is 20.6. The fourth-order valence-corrected chi connectivity index (χ4v) is 3.53. The van der Waals surface area contributed by atoms with Gasteiger partial charge in [0.25, 0.3) is 0 Å². The number of nitrogens with two attached hydrogens (primary N) is 2. The fraction of sp³-hybridized carbons (Fsp3) is 0.762. The molecular formula is C21H36N4O11. The molecule has 0 bridgehead atoms. The van der Waals surface area contributed by atoms with Crippen LogP contribution in [0.1, 0.15) is 34.5 Å². The Morgan fingerprint density at radius 1 is 1.25 bits per heavy atom. The summed E-state index contributed by atoms with van der Waals surface area (Å²) in [7, 11) is 2.20. The molecule has 1 aliphatic rings. The summed E-state index contributed by atoms with van der Waals surface area (Å²) in [6.45, 7) is 1.55. The molecule has 3 amide bonds. The quantitative estimate of drug-likeness (QED) is 0.129. The van der Waals surface area contributed by atoms with Crippen LogP contribution in [0, 0.1) is 0 Å². The number of ether oxygens (including phenoxy) is 3. The summed E-state index contributed by atoms with van der Waals surface area (Å²) in [5, 5.41) is 31.6. The molecule has 36 heavy (non-hydrogen) atoms. The van der Waals surface area contributed by atoms with Crippen LogP contribution in [0.4, 0.5) is 0 Å². The molecule has 0 saturated carbocycles. The maximum Gasteiger partial charge on any atom is 0.332 e. The largest absolute Gasteiger partial charge is 0.479 e. The molecule has 8 N–H and O–H groups in total. The molecule has 8 atom stereocenters. The molecule has 0 radical (unpaired) electrons. The Balaban J connectivity index is 3.34. The summed E-state index contributed by atoms with van der Waals surface area (Å²) in [5.74, 6) is -4.89. The molecule has 0 aliphatic carbocycles. The predicted octanol–water partition coefficient (Wildman–Crippen LogP) is -3.55. The molecule has 206 valence electrons. The molecular weight excluding hydrogens is 484 g/mol. The number of carboxylic acid groups (broad SMARTS) is 1. The number of primary amides is 1. The van der Waals surface area contributed by atoms with Crippen molar-refractivity contribution in [1.82, 2.24) is 10.2 Å². The molecule has 1 rings (SSSR count). The number of esters is 1. The summed E-state index contributed by atoms with van der Waals surface area (Å²) in [6.07, 6.45) is -8.12. The molecule has 15 heteroatoms. The van der Waals surface area contributed by atoms with E-state index >= 15 is 0 Å². The van der Waals surface area contributed by atoms with E-state index in [0.717, 1.165) is 26.0 Å². The molecule has 15 nitrogen and oxygen atoms in total. The van der Waals surface area contributed by atoms with E-state index in [0.29, 0.717) is 0 Å². The smallest absolute Gasteiger partial charge is 0.332 e. The van der Waals surface area contributed by atoms with Crippen LogP contribution in [0.3, 0.4) is 0 Å². The van der Waals surface area contributed by atoms with Gasteiger partial charge in [-0.05, 0) is 13.3 Å². The lowest BCUT2D eigenvalue weighted by Crippen LogP contribution is -2.65. The van der Waals surface area contributed by atoms with Gasteiger partial charge in [0.1, 0.15) is 30.4 Å². The maximum absolute atomic E-state index is 13.3. The van der Waals surface area contributed by atoms with Gasteiger partial charge in [-0.3, -0.25) is 14.4 Å². The van der Waals surface area contributed by atoms with Crippen LogP contribution in [-0.2, 0) is 38.2 Å². The summed E-state index contributed by atoms with van der Waals surface area (Å²) in [6, 6.07) is -5.14. The first-order chi connectivity index (χ1) is 17.1. The van der Waals surface area contributed by atoms with E-state index in [1.54, 1.807) is 0 Å². The first-order valence-corrected chi connectivity index (χ1v) is 11.1. The molecule has 0 aromatic heterocycles. The molecule has 1 unspecified atom stereocenters. The number of carbonyl (C=O) groups is 5. The predicted molar refractivity (Wildman–Crippen MR) is 121 cm³/mol. The summed E-state index contributed by atoms with van der Waals surface area (Å²) < 4.78 is 24.5. The third-order valence-electron chi connectivity index (χ3n) is 5.77. The van der Waals surface area contributed by atoms with Gasteiger partial charge in [0.15, 0.2) is 6.10 Å². The average Bonchev–Trinajstić information content (AvgIpc) is 2.84. The van der Waals surface area contributed by atoms with Crippen LogP contribution in [-0.4, -0.2) is 119 Å². The van der Waals surface area contributed by atoms with Gasteiger partial charge in [-0.2, -0.15) is 0 Å². The van der Waals surface area contributed by atoms with Crippen molar-refractivity contribution in [3.05, 3.63) is 0 Å². The molecule has 0 aromatic rings. The lowest BCUT2D eigenvalue weighted by Gasteiger charge is -2.44. The normalized spacial score (nSPS) is 27.5. The Morgan fingerprint density at radius 3 is 2.33 bits per heavy atom. The molecule has 0 spiro atoms. The van der Waals surface area contributed by atoms with Gasteiger partial charge in [0, 0.05) is 26.8 Å². The van der Waals surface area contributed by atoms with Crippen molar-refractivity contribution in [3.63, 3.8) is 0 Å². The van der Waals surface area contributed by atoms with Crippen molar-refractivity contribution < 1.29 is 54.9 Å². The number of hydrogen-bond donors (Lipinski definition) is 6. The first kappa shape index (κ1) is 29.4. The summed E-state index contributed by atoms with van der Waals surface area (Å²) in [5.41, 5.74) is 11.3. The van der Waals surface area contributed by atoms with Gasteiger partial charge in [-0.25, -0.2) is 9.59 Å². The number of aliphatic carboxylic acids is 1. The molecule has 1 aliphatic heterocycles. The Hall–Kier alpha value is -2.85. The van der Waals surface area contributed by atoms with E-state index in [2.05, 4.69) is 10.1 Å². The Bertz CT molecular complexity index is 862. The van der Waals surface area contributed by atoms with Crippen molar-refractivity contribution >= 4 is 29.7 Å². The van der Waals surface area contributed by atoms with Crippen LogP contribution >= 0.6 is 0 Å². The highest BCUT2D eigenvalue weighted by molar-refractivity contribution is 5.90. The van der Waals surface area contributed by atoms with E-state index in [4.69, 9.17) is 22.3 Å². The molecule has 1 fully saturated rings. The van der Waals surface area contributed by atoms with Gasteiger partial charge in [0.2, 0.25) is 17.7 Å². The highest BCUT2D eigenvalue weighted by Crippen LogP contribution is 2.27. The number of nitrogens with zero attached hydrogens (tertiary/aromatic N) is 1. The zero-order chi connectivity index (χ0) is 28.7. The average molecular weight is 522 g/mol. The van der Waals surface area contributed by atoms with Gasteiger partial charge < -0.3 is 51.2 Å². The number of hydrogen-bond acceptors (Lipinski definition) is 11. The second-order valence-corrected chi connectivity index (χ2v) is 8.33. The number of methoxy groups -OCH3 is 1. The van der Waals surface area contributed by atoms with Crippen LogP contribution in [0.25, 0.3) is 0 Å². The second-order valence-electron chi connectivity index (χ2n) is 8.33. The van der Waals surface area contributed by atoms with Crippen molar-refractivity contribution in [2.45, 2.75) is 81.7 Å². The lowest BCUT2D eigenvalue weighted by atomic mass is 9.89. The van der Waals surface area contributed by atoms with Crippen LogP contribution < -0.4 is 16.8 Å². The Kier molecular flexibility index (Phi) is 11.5. The third kappa shape index (κ3) is 8.37. The van der Waals surface area contributed by atoms with Crippen molar-refractivity contribution in [2.24, 2.45) is 11.5 Å². The third-order valence-corrected chi connectivity index (χ3v) is 5.77. The number of rotatable bonds is 13. The summed E-state index contributed by atoms with van der Waals surface area (Å²) in [4.78, 5) is 60.9. The number of nitrogens with one attached hydrogen (secondary N) is 1. The first-order valence-electron chi connectivity index (χ1n) is 11.6. The molecule has 1 heterocycles. The number of carboxylic acids is 1. The Labute approximate surface area is 209 Å². The number of carbonyl (C=O) groups excluding carboxylic acids is 4. The summed E-state index contributed by atoms with van der Waals surface area (Å²) >= 11 is 0. The van der Waals surface area contributed by atoms with Gasteiger partial charge >= 0.3 is 11.9 Å². The van der Waals surface area contributed by atoms with E-state index in [9.17, 15) is 39.3 Å². The minimum atomic E-state index is -2.46. The van der Waals surface area contributed by atoms with E-state index in [1.165, 1.54) is 6.92 Å². The van der Waals surface area contributed by atoms with Crippen LogP contribution in [0.15, 0.2) is 0 Å². The van der Waals surface area contributed by atoms with Crippen LogP contribution in [0.5, 0.6) is 0 Å². The standard InChI is InChI=1S/C21H36N4O11/c1-9(20(31)32)35-18-16(23)13(36-14(8-26)17(18)29)7-12(25(3)10(2)27)19(30)24-11(21(33)34-4)5-6-15(22)28/h9,11-14,16-18,26,29H,5-8,23H2,1-4H3,(H2,22,28)(H,24,30)(H,31,32)/t9-,11+,12+,13?,14-,16+,17-,18-/m1/s1/i12D.